The summed E-state index contributed by atoms with van der Waals surface area (Å²) in [4.78, 5) is 29.5. The van der Waals surface area contributed by atoms with Crippen LogP contribution in [0.2, 0.25) is 0 Å². The third-order valence-electron chi connectivity index (χ3n) is 4.72. The van der Waals surface area contributed by atoms with Crippen LogP contribution >= 0.6 is 0 Å². The lowest BCUT2D eigenvalue weighted by Crippen LogP contribution is -2.22. The van der Waals surface area contributed by atoms with Crippen molar-refractivity contribution in [3.05, 3.63) is 89.2 Å². The molecule has 6 nitrogen and oxygen atoms in total. The zero-order valence-corrected chi connectivity index (χ0v) is 16.5. The van der Waals surface area contributed by atoms with Crippen LogP contribution in [0.3, 0.4) is 0 Å². The summed E-state index contributed by atoms with van der Waals surface area (Å²) in [6, 6.07) is 23.8. The fourth-order valence-corrected chi connectivity index (χ4v) is 3.25. The Balaban J connectivity index is 1.51. The van der Waals surface area contributed by atoms with E-state index in [0.29, 0.717) is 29.0 Å². The molecule has 1 heterocycles. The van der Waals surface area contributed by atoms with Crippen molar-refractivity contribution in [2.45, 2.75) is 13.5 Å². The first kappa shape index (κ1) is 19.4. The van der Waals surface area contributed by atoms with E-state index in [1.807, 2.05) is 67.6 Å². The van der Waals surface area contributed by atoms with E-state index < -0.39 is 0 Å². The van der Waals surface area contributed by atoms with Crippen LogP contribution in [0.4, 0.5) is 5.69 Å². The predicted molar refractivity (Wildman–Crippen MR) is 118 cm³/mol. The van der Waals surface area contributed by atoms with Gasteiger partial charge in [0.15, 0.2) is 6.61 Å². The zero-order valence-electron chi connectivity index (χ0n) is 16.5. The van der Waals surface area contributed by atoms with E-state index in [-0.39, 0.29) is 18.1 Å². The van der Waals surface area contributed by atoms with Crippen LogP contribution in [0, 0.1) is 0 Å². The summed E-state index contributed by atoms with van der Waals surface area (Å²) in [6.07, 6.45) is 0. The highest BCUT2D eigenvalue weighted by molar-refractivity contribution is 5.91. The molecule has 1 amide bonds. The number of para-hydroxylation sites is 2. The maximum absolute atomic E-state index is 12.8. The first-order valence-corrected chi connectivity index (χ1v) is 9.73. The third kappa shape index (κ3) is 4.07. The minimum Gasteiger partial charge on any atom is -0.484 e. The lowest BCUT2D eigenvalue weighted by atomic mass is 10.1. The first-order chi connectivity index (χ1) is 14.7. The van der Waals surface area contributed by atoms with Gasteiger partial charge in [0, 0.05) is 17.8 Å². The van der Waals surface area contributed by atoms with Crippen LogP contribution in [0.15, 0.2) is 83.7 Å². The number of nitrogens with zero attached hydrogens (tertiary/aromatic N) is 2. The summed E-state index contributed by atoms with van der Waals surface area (Å²) in [5, 5.41) is 3.38. The van der Waals surface area contributed by atoms with Crippen molar-refractivity contribution in [1.29, 1.82) is 0 Å². The van der Waals surface area contributed by atoms with E-state index in [1.54, 1.807) is 22.8 Å². The number of hydrogen-bond acceptors (Lipinski definition) is 4. The Morgan fingerprint density at radius 1 is 0.967 bits per heavy atom. The van der Waals surface area contributed by atoms with Gasteiger partial charge in [-0.05, 0) is 55.5 Å². The molecule has 30 heavy (non-hydrogen) atoms. The summed E-state index contributed by atoms with van der Waals surface area (Å²) in [5.41, 5.74) is 2.14. The quantitative estimate of drug-likeness (QED) is 0.530. The fraction of sp³-hybridized carbons (Fsp3) is 0.125. The molecule has 0 fully saturated rings. The molecule has 0 aliphatic rings. The molecule has 0 bridgehead atoms. The Kier molecular flexibility index (Phi) is 5.57. The number of aromatic nitrogens is 2. The Morgan fingerprint density at radius 2 is 1.67 bits per heavy atom. The number of fused-ring (bicyclic) bond motifs is 1. The Bertz CT molecular complexity index is 1230. The Hall–Kier alpha value is -3.93. The molecule has 6 heteroatoms. The summed E-state index contributed by atoms with van der Waals surface area (Å²) in [6.45, 7) is 2.34. The van der Waals surface area contributed by atoms with Crippen molar-refractivity contribution in [2.75, 3.05) is 11.9 Å². The average Bonchev–Trinajstić information content (AvgIpc) is 2.79. The van der Waals surface area contributed by atoms with E-state index in [4.69, 9.17) is 4.74 Å². The van der Waals surface area contributed by atoms with E-state index in [1.165, 1.54) is 0 Å². The maximum Gasteiger partial charge on any atom is 0.262 e. The van der Waals surface area contributed by atoms with Gasteiger partial charge >= 0.3 is 0 Å². The summed E-state index contributed by atoms with van der Waals surface area (Å²) in [7, 11) is 0. The summed E-state index contributed by atoms with van der Waals surface area (Å²) < 4.78 is 7.24. The van der Waals surface area contributed by atoms with Gasteiger partial charge in [0.2, 0.25) is 0 Å². The van der Waals surface area contributed by atoms with Gasteiger partial charge in [-0.25, -0.2) is 4.98 Å². The van der Waals surface area contributed by atoms with E-state index in [0.717, 1.165) is 11.3 Å². The molecule has 4 aromatic rings. The number of benzene rings is 3. The second kappa shape index (κ2) is 8.61. The van der Waals surface area contributed by atoms with Crippen molar-refractivity contribution >= 4 is 22.5 Å². The van der Waals surface area contributed by atoms with Gasteiger partial charge in [0.1, 0.15) is 11.6 Å². The van der Waals surface area contributed by atoms with Gasteiger partial charge in [0.05, 0.1) is 10.9 Å². The minimum absolute atomic E-state index is 0.0593. The number of amides is 1. The molecule has 0 aliphatic carbocycles. The highest BCUT2D eigenvalue weighted by Crippen LogP contribution is 2.22. The Labute approximate surface area is 173 Å². The number of anilines is 1. The number of carbonyl (C=O) groups is 1. The molecule has 0 saturated heterocycles. The van der Waals surface area contributed by atoms with E-state index in [9.17, 15) is 9.59 Å². The lowest BCUT2D eigenvalue weighted by molar-refractivity contribution is -0.118. The van der Waals surface area contributed by atoms with Crippen molar-refractivity contribution < 1.29 is 9.53 Å². The van der Waals surface area contributed by atoms with Crippen LogP contribution in [-0.2, 0) is 11.3 Å². The second-order valence-electron chi connectivity index (χ2n) is 6.73. The number of carbonyl (C=O) groups excluding carboxylic acids is 1. The fourth-order valence-electron chi connectivity index (χ4n) is 3.25. The number of nitrogens with one attached hydrogen (secondary N) is 1. The molecule has 1 N–H and O–H groups in total. The normalized spacial score (nSPS) is 10.7. The number of rotatable bonds is 6. The molecule has 0 atom stereocenters. The molecule has 0 saturated carbocycles. The molecular formula is C24H21N3O3. The monoisotopic (exact) mass is 399 g/mol. The van der Waals surface area contributed by atoms with Gasteiger partial charge in [0.25, 0.3) is 11.5 Å². The molecule has 0 spiro atoms. The summed E-state index contributed by atoms with van der Waals surface area (Å²) in [5.74, 6) is 0.934. The van der Waals surface area contributed by atoms with Gasteiger partial charge < -0.3 is 10.1 Å². The van der Waals surface area contributed by atoms with Crippen molar-refractivity contribution in [2.24, 2.45) is 0 Å². The number of ether oxygens (including phenoxy) is 1. The van der Waals surface area contributed by atoms with Gasteiger partial charge in [-0.1, -0.05) is 30.3 Å². The van der Waals surface area contributed by atoms with Crippen LogP contribution in [0.5, 0.6) is 5.75 Å². The van der Waals surface area contributed by atoms with Crippen LogP contribution in [-0.4, -0.2) is 22.1 Å². The lowest BCUT2D eigenvalue weighted by Gasteiger charge is -2.12. The van der Waals surface area contributed by atoms with Gasteiger partial charge in [-0.15, -0.1) is 0 Å². The highest BCUT2D eigenvalue weighted by Gasteiger charge is 2.12. The van der Waals surface area contributed by atoms with Crippen molar-refractivity contribution in [3.8, 4) is 17.1 Å². The molecule has 4 rings (SSSR count). The molecule has 0 radical (unpaired) electrons. The molecule has 1 aromatic heterocycles. The first-order valence-electron chi connectivity index (χ1n) is 9.73. The van der Waals surface area contributed by atoms with Crippen LogP contribution in [0.25, 0.3) is 22.3 Å². The van der Waals surface area contributed by atoms with Gasteiger partial charge in [-0.3, -0.25) is 14.2 Å². The largest absolute Gasteiger partial charge is 0.484 e. The molecular weight excluding hydrogens is 378 g/mol. The molecule has 0 unspecified atom stereocenters. The molecule has 150 valence electrons. The van der Waals surface area contributed by atoms with Crippen LogP contribution in [0.1, 0.15) is 6.92 Å². The Morgan fingerprint density at radius 3 is 2.40 bits per heavy atom. The van der Waals surface area contributed by atoms with E-state index >= 15 is 0 Å². The SMILES string of the molecule is CCn1c(-c2ccc(OCC(=O)Nc3ccccc3)cc2)nc2ccccc2c1=O. The average molecular weight is 399 g/mol. The van der Waals surface area contributed by atoms with Gasteiger partial charge in [-0.2, -0.15) is 0 Å². The molecule has 0 aliphatic heterocycles. The number of hydrogen-bond donors (Lipinski definition) is 1. The standard InChI is InChI=1S/C24H21N3O3/c1-2-27-23(26-21-11-7-6-10-20(21)24(27)29)17-12-14-19(15-13-17)30-16-22(28)25-18-8-4-3-5-9-18/h3-15H,2,16H2,1H3,(H,25,28). The highest BCUT2D eigenvalue weighted by atomic mass is 16.5. The predicted octanol–water partition coefficient (Wildman–Crippen LogP) is 4.10. The topological polar surface area (TPSA) is 73.2 Å². The molecule has 3 aromatic carbocycles. The second-order valence-corrected chi connectivity index (χ2v) is 6.73. The smallest absolute Gasteiger partial charge is 0.262 e. The van der Waals surface area contributed by atoms with Crippen LogP contribution < -0.4 is 15.6 Å². The van der Waals surface area contributed by atoms with E-state index in [2.05, 4.69) is 10.3 Å². The van der Waals surface area contributed by atoms with Crippen molar-refractivity contribution in [1.82, 2.24) is 9.55 Å². The summed E-state index contributed by atoms with van der Waals surface area (Å²) >= 11 is 0. The third-order valence-corrected chi connectivity index (χ3v) is 4.72. The van der Waals surface area contributed by atoms with Crippen molar-refractivity contribution in [3.63, 3.8) is 0 Å². The minimum atomic E-state index is -0.235. The zero-order chi connectivity index (χ0) is 20.9. The maximum atomic E-state index is 12.8.